The SMILES string of the molecule is CCCNCc1cccc(N(C)C2CCCCC2C)n1. The molecule has 1 N–H and O–H groups in total. The number of rotatable bonds is 6. The predicted molar refractivity (Wildman–Crippen MR) is 86.1 cm³/mol. The summed E-state index contributed by atoms with van der Waals surface area (Å²) < 4.78 is 0. The molecule has 0 radical (unpaired) electrons. The molecule has 1 aliphatic rings. The van der Waals surface area contributed by atoms with Crippen molar-refractivity contribution in [1.29, 1.82) is 0 Å². The van der Waals surface area contributed by atoms with E-state index < -0.39 is 0 Å². The summed E-state index contributed by atoms with van der Waals surface area (Å²) in [5.41, 5.74) is 1.14. The average Bonchev–Trinajstić information content (AvgIpc) is 2.48. The Balaban J connectivity index is 2.01. The maximum Gasteiger partial charge on any atom is 0.128 e. The zero-order valence-corrected chi connectivity index (χ0v) is 13.2. The number of anilines is 1. The number of nitrogens with zero attached hydrogens (tertiary/aromatic N) is 2. The standard InChI is InChI=1S/C17H29N3/c1-4-12-18-13-15-9-7-11-17(19-15)20(3)16-10-6-5-8-14(16)2/h7,9,11,14,16,18H,4-6,8,10,12-13H2,1-3H3. The van der Waals surface area contributed by atoms with Crippen LogP contribution < -0.4 is 10.2 Å². The third-order valence-electron chi connectivity index (χ3n) is 4.45. The van der Waals surface area contributed by atoms with Crippen LogP contribution in [-0.2, 0) is 6.54 Å². The van der Waals surface area contributed by atoms with Crippen LogP contribution in [0, 0.1) is 5.92 Å². The topological polar surface area (TPSA) is 28.2 Å². The first-order valence-electron chi connectivity index (χ1n) is 8.12. The molecule has 1 heterocycles. The Morgan fingerprint density at radius 2 is 2.10 bits per heavy atom. The molecule has 1 aromatic rings. The van der Waals surface area contributed by atoms with Gasteiger partial charge in [-0.25, -0.2) is 4.98 Å². The highest BCUT2D eigenvalue weighted by Crippen LogP contribution is 2.29. The quantitative estimate of drug-likeness (QED) is 0.804. The van der Waals surface area contributed by atoms with Gasteiger partial charge in [-0.15, -0.1) is 0 Å². The number of aromatic nitrogens is 1. The number of nitrogens with one attached hydrogen (secondary N) is 1. The zero-order chi connectivity index (χ0) is 14.4. The molecule has 2 atom stereocenters. The molecule has 1 saturated carbocycles. The molecule has 0 aromatic carbocycles. The first kappa shape index (κ1) is 15.3. The molecule has 2 unspecified atom stereocenters. The maximum atomic E-state index is 4.82. The molecule has 1 aliphatic carbocycles. The molecule has 3 heteroatoms. The van der Waals surface area contributed by atoms with Crippen molar-refractivity contribution in [3.05, 3.63) is 23.9 Å². The van der Waals surface area contributed by atoms with Crippen LogP contribution in [0.3, 0.4) is 0 Å². The largest absolute Gasteiger partial charge is 0.356 e. The van der Waals surface area contributed by atoms with Crippen LogP contribution >= 0.6 is 0 Å². The minimum atomic E-state index is 0.648. The monoisotopic (exact) mass is 275 g/mol. The summed E-state index contributed by atoms with van der Waals surface area (Å²) in [6.45, 7) is 6.50. The smallest absolute Gasteiger partial charge is 0.128 e. The normalized spacial score (nSPS) is 22.8. The number of hydrogen-bond donors (Lipinski definition) is 1. The van der Waals surface area contributed by atoms with E-state index >= 15 is 0 Å². The summed E-state index contributed by atoms with van der Waals surface area (Å²) in [5.74, 6) is 1.90. The summed E-state index contributed by atoms with van der Waals surface area (Å²) in [5, 5.41) is 3.42. The van der Waals surface area contributed by atoms with Crippen molar-refractivity contribution < 1.29 is 0 Å². The third kappa shape index (κ3) is 3.95. The molecular weight excluding hydrogens is 246 g/mol. The second-order valence-corrected chi connectivity index (χ2v) is 6.10. The third-order valence-corrected chi connectivity index (χ3v) is 4.45. The lowest BCUT2D eigenvalue weighted by Gasteiger charge is -2.37. The van der Waals surface area contributed by atoms with E-state index in [4.69, 9.17) is 4.98 Å². The summed E-state index contributed by atoms with van der Waals surface area (Å²) in [7, 11) is 2.21. The van der Waals surface area contributed by atoms with Crippen LogP contribution in [-0.4, -0.2) is 24.6 Å². The van der Waals surface area contributed by atoms with E-state index in [0.29, 0.717) is 6.04 Å². The summed E-state index contributed by atoms with van der Waals surface area (Å²) in [4.78, 5) is 7.21. The molecule has 0 amide bonds. The van der Waals surface area contributed by atoms with Gasteiger partial charge in [0, 0.05) is 19.6 Å². The molecule has 112 valence electrons. The molecule has 0 spiro atoms. The zero-order valence-electron chi connectivity index (χ0n) is 13.2. The fourth-order valence-electron chi connectivity index (χ4n) is 3.20. The second kappa shape index (κ2) is 7.63. The molecule has 2 rings (SSSR count). The van der Waals surface area contributed by atoms with Gasteiger partial charge in [-0.1, -0.05) is 32.8 Å². The van der Waals surface area contributed by atoms with Gasteiger partial charge in [0.15, 0.2) is 0 Å². The Bertz CT molecular complexity index is 405. The Morgan fingerprint density at radius 3 is 2.85 bits per heavy atom. The highest BCUT2D eigenvalue weighted by atomic mass is 15.2. The minimum Gasteiger partial charge on any atom is -0.356 e. The number of hydrogen-bond acceptors (Lipinski definition) is 3. The van der Waals surface area contributed by atoms with Crippen molar-refractivity contribution in [3.8, 4) is 0 Å². The summed E-state index contributed by atoms with van der Waals surface area (Å²) in [6, 6.07) is 7.04. The van der Waals surface area contributed by atoms with E-state index in [1.54, 1.807) is 0 Å². The van der Waals surface area contributed by atoms with E-state index in [1.807, 2.05) is 0 Å². The van der Waals surface area contributed by atoms with Crippen molar-refractivity contribution in [2.24, 2.45) is 5.92 Å². The summed E-state index contributed by atoms with van der Waals surface area (Å²) >= 11 is 0. The first-order chi connectivity index (χ1) is 9.72. The molecule has 20 heavy (non-hydrogen) atoms. The minimum absolute atomic E-state index is 0.648. The molecule has 0 saturated heterocycles. The van der Waals surface area contributed by atoms with Crippen molar-refractivity contribution in [3.63, 3.8) is 0 Å². The van der Waals surface area contributed by atoms with Gasteiger partial charge < -0.3 is 10.2 Å². The number of pyridine rings is 1. The van der Waals surface area contributed by atoms with Gasteiger partial charge in [0.25, 0.3) is 0 Å². The molecule has 0 bridgehead atoms. The molecule has 1 fully saturated rings. The maximum absolute atomic E-state index is 4.82. The highest BCUT2D eigenvalue weighted by Gasteiger charge is 2.25. The van der Waals surface area contributed by atoms with E-state index in [0.717, 1.165) is 30.5 Å². The van der Waals surface area contributed by atoms with Crippen molar-refractivity contribution in [2.45, 2.75) is 58.5 Å². The van der Waals surface area contributed by atoms with Crippen molar-refractivity contribution in [1.82, 2.24) is 10.3 Å². The lowest BCUT2D eigenvalue weighted by molar-refractivity contribution is 0.320. The average molecular weight is 275 g/mol. The van der Waals surface area contributed by atoms with Gasteiger partial charge in [0.1, 0.15) is 5.82 Å². The van der Waals surface area contributed by atoms with Crippen LogP contribution in [0.2, 0.25) is 0 Å². The highest BCUT2D eigenvalue weighted by molar-refractivity contribution is 5.40. The predicted octanol–water partition coefficient (Wildman–Crippen LogP) is 3.60. The van der Waals surface area contributed by atoms with Gasteiger partial charge in [0.2, 0.25) is 0 Å². The van der Waals surface area contributed by atoms with Gasteiger partial charge >= 0.3 is 0 Å². The fraction of sp³-hybridized carbons (Fsp3) is 0.706. The van der Waals surface area contributed by atoms with E-state index in [1.165, 1.54) is 32.1 Å². The van der Waals surface area contributed by atoms with Gasteiger partial charge in [-0.2, -0.15) is 0 Å². The van der Waals surface area contributed by atoms with E-state index in [-0.39, 0.29) is 0 Å². The van der Waals surface area contributed by atoms with Crippen molar-refractivity contribution in [2.75, 3.05) is 18.5 Å². The van der Waals surface area contributed by atoms with Gasteiger partial charge in [-0.3, -0.25) is 0 Å². The fourth-order valence-corrected chi connectivity index (χ4v) is 3.20. The Labute approximate surface area is 123 Å². The van der Waals surface area contributed by atoms with Crippen LogP contribution in [0.5, 0.6) is 0 Å². The van der Waals surface area contributed by atoms with E-state index in [9.17, 15) is 0 Å². The second-order valence-electron chi connectivity index (χ2n) is 6.10. The Hall–Kier alpha value is -1.09. The van der Waals surface area contributed by atoms with Crippen LogP contribution in [0.25, 0.3) is 0 Å². The first-order valence-corrected chi connectivity index (χ1v) is 8.12. The molecule has 1 aromatic heterocycles. The molecular formula is C17H29N3. The van der Waals surface area contributed by atoms with Gasteiger partial charge in [-0.05, 0) is 43.9 Å². The Morgan fingerprint density at radius 1 is 1.30 bits per heavy atom. The van der Waals surface area contributed by atoms with Crippen LogP contribution in [0.1, 0.15) is 51.6 Å². The van der Waals surface area contributed by atoms with Crippen molar-refractivity contribution >= 4 is 5.82 Å². The lowest BCUT2D eigenvalue weighted by Crippen LogP contribution is -2.39. The van der Waals surface area contributed by atoms with E-state index in [2.05, 4.69) is 49.3 Å². The molecule has 3 nitrogen and oxygen atoms in total. The molecule has 0 aliphatic heterocycles. The summed E-state index contributed by atoms with van der Waals surface area (Å²) in [6.07, 6.45) is 6.57. The lowest BCUT2D eigenvalue weighted by atomic mass is 9.85. The Kier molecular flexibility index (Phi) is 5.84. The van der Waals surface area contributed by atoms with Crippen LogP contribution in [0.15, 0.2) is 18.2 Å². The van der Waals surface area contributed by atoms with Crippen LogP contribution in [0.4, 0.5) is 5.82 Å². The van der Waals surface area contributed by atoms with Gasteiger partial charge in [0.05, 0.1) is 5.69 Å².